The standard InChI is InChI=1S/2C10H15.2CH3.Zr/c2*1-3-4-7-10-8-5-6-9(10)2;;;/h2*6H,3-5,7H2,1-2H3;2*1H3;. The van der Waals surface area contributed by atoms with Gasteiger partial charge in [0.05, 0.1) is 0 Å². The van der Waals surface area contributed by atoms with Crippen molar-refractivity contribution in [1.29, 1.82) is 0 Å². The average Bonchev–Trinajstić information content (AvgIpc) is 3.07. The Morgan fingerprint density at radius 1 is 0.783 bits per heavy atom. The van der Waals surface area contributed by atoms with Crippen LogP contribution in [0.15, 0.2) is 41.0 Å². The van der Waals surface area contributed by atoms with Gasteiger partial charge in [0.1, 0.15) is 0 Å². The fourth-order valence-corrected chi connectivity index (χ4v) is 13.5. The van der Waals surface area contributed by atoms with Crippen LogP contribution in [0.3, 0.4) is 0 Å². The van der Waals surface area contributed by atoms with E-state index in [0.29, 0.717) is 0 Å². The van der Waals surface area contributed by atoms with E-state index in [4.69, 9.17) is 0 Å². The van der Waals surface area contributed by atoms with E-state index in [1.54, 1.807) is 22.3 Å². The molecule has 2 rings (SSSR count). The van der Waals surface area contributed by atoms with E-state index in [2.05, 4.69) is 49.1 Å². The molecular weight excluding hydrogens is 355 g/mol. The molecule has 0 amide bonds. The number of hydrogen-bond acceptors (Lipinski definition) is 0. The van der Waals surface area contributed by atoms with Crippen LogP contribution in [0.1, 0.15) is 79.1 Å². The molecule has 0 aromatic carbocycles. The molecule has 0 atom stereocenters. The van der Waals surface area contributed by atoms with Gasteiger partial charge < -0.3 is 0 Å². The molecule has 128 valence electrons. The van der Waals surface area contributed by atoms with Crippen molar-refractivity contribution in [2.45, 2.75) is 88.3 Å². The maximum absolute atomic E-state index is 2.69. The maximum atomic E-state index is 2.69. The predicted octanol–water partition coefficient (Wildman–Crippen LogP) is 7.83. The van der Waals surface area contributed by atoms with Gasteiger partial charge in [0.15, 0.2) is 0 Å². The molecule has 0 aliphatic heterocycles. The van der Waals surface area contributed by atoms with Crippen LogP contribution in [0.4, 0.5) is 0 Å². The fraction of sp³-hybridized carbons (Fsp3) is 0.636. The van der Waals surface area contributed by atoms with Gasteiger partial charge in [-0.2, -0.15) is 0 Å². The van der Waals surface area contributed by atoms with E-state index in [0.717, 1.165) is 0 Å². The topological polar surface area (TPSA) is 0 Å². The molecule has 0 aromatic rings. The Morgan fingerprint density at radius 2 is 1.17 bits per heavy atom. The first kappa shape index (κ1) is 19.2. The van der Waals surface area contributed by atoms with Crippen LogP contribution in [0.2, 0.25) is 9.26 Å². The minimum atomic E-state index is -2.37. The molecule has 0 nitrogen and oxygen atoms in total. The van der Waals surface area contributed by atoms with Gasteiger partial charge in [0.25, 0.3) is 0 Å². The van der Waals surface area contributed by atoms with Crippen molar-refractivity contribution in [3.63, 3.8) is 0 Å². The summed E-state index contributed by atoms with van der Waals surface area (Å²) in [6.07, 6.45) is 15.5. The molecule has 2 aliphatic rings. The van der Waals surface area contributed by atoms with Crippen LogP contribution in [-0.2, 0) is 20.3 Å². The molecule has 0 unspecified atom stereocenters. The van der Waals surface area contributed by atoms with Crippen LogP contribution < -0.4 is 0 Å². The quantitative estimate of drug-likeness (QED) is 0.395. The van der Waals surface area contributed by atoms with Gasteiger partial charge in [-0.1, -0.05) is 0 Å². The third-order valence-corrected chi connectivity index (χ3v) is 15.9. The van der Waals surface area contributed by atoms with Crippen molar-refractivity contribution in [2.75, 3.05) is 0 Å². The summed E-state index contributed by atoms with van der Waals surface area (Å²) in [4.78, 5) is 0. The Labute approximate surface area is 149 Å². The molecule has 0 N–H and O–H groups in total. The summed E-state index contributed by atoms with van der Waals surface area (Å²) >= 11 is -2.37. The molecular formula is C22H36Zr. The Kier molecular flexibility index (Phi) is 6.91. The third kappa shape index (κ3) is 4.09. The summed E-state index contributed by atoms with van der Waals surface area (Å²) in [6.45, 7) is 9.34. The van der Waals surface area contributed by atoms with Crippen molar-refractivity contribution in [1.82, 2.24) is 0 Å². The molecule has 23 heavy (non-hydrogen) atoms. The van der Waals surface area contributed by atoms with Crippen molar-refractivity contribution in [3.05, 3.63) is 41.0 Å². The Hall–Kier alpha value is -0.157. The van der Waals surface area contributed by atoms with E-state index in [1.807, 2.05) is 6.56 Å². The van der Waals surface area contributed by atoms with Crippen molar-refractivity contribution in [2.24, 2.45) is 0 Å². The number of hydrogen-bond donors (Lipinski definition) is 0. The van der Waals surface area contributed by atoms with Crippen LogP contribution in [0.25, 0.3) is 0 Å². The molecule has 0 fully saturated rings. The van der Waals surface area contributed by atoms with Gasteiger partial charge in [-0.05, 0) is 0 Å². The van der Waals surface area contributed by atoms with E-state index < -0.39 is 20.3 Å². The van der Waals surface area contributed by atoms with Gasteiger partial charge in [-0.25, -0.2) is 0 Å². The van der Waals surface area contributed by atoms with Crippen molar-refractivity contribution >= 4 is 0 Å². The number of unbranched alkanes of at least 4 members (excludes halogenated alkanes) is 2. The summed E-state index contributed by atoms with van der Waals surface area (Å²) in [7, 11) is 0. The molecule has 0 spiro atoms. The monoisotopic (exact) mass is 390 g/mol. The summed E-state index contributed by atoms with van der Waals surface area (Å²) < 4.78 is 9.21. The molecule has 0 bridgehead atoms. The van der Waals surface area contributed by atoms with Crippen molar-refractivity contribution < 1.29 is 20.3 Å². The van der Waals surface area contributed by atoms with Gasteiger partial charge >= 0.3 is 150 Å². The Balaban J connectivity index is 2.36. The van der Waals surface area contributed by atoms with Crippen LogP contribution >= 0.6 is 0 Å². The normalized spacial score (nSPS) is 18.9. The summed E-state index contributed by atoms with van der Waals surface area (Å²) in [6, 6.07) is 0. The van der Waals surface area contributed by atoms with E-state index in [-0.39, 0.29) is 0 Å². The summed E-state index contributed by atoms with van der Waals surface area (Å²) in [5.74, 6) is 0. The second kappa shape index (κ2) is 8.29. The molecule has 2 aliphatic carbocycles. The number of rotatable bonds is 8. The molecule has 1 heteroatoms. The molecule has 0 heterocycles. The molecule has 0 saturated carbocycles. The van der Waals surface area contributed by atoms with Crippen LogP contribution in [0, 0.1) is 0 Å². The zero-order valence-corrected chi connectivity index (χ0v) is 18.8. The summed E-state index contributed by atoms with van der Waals surface area (Å²) in [5, 5.41) is 0. The molecule has 0 saturated heterocycles. The Morgan fingerprint density at radius 3 is 1.52 bits per heavy atom. The second-order valence-corrected chi connectivity index (χ2v) is 18.9. The Bertz CT molecular complexity index is 517. The van der Waals surface area contributed by atoms with E-state index in [9.17, 15) is 0 Å². The van der Waals surface area contributed by atoms with Gasteiger partial charge in [0.2, 0.25) is 0 Å². The zero-order valence-electron chi connectivity index (χ0n) is 16.3. The first-order chi connectivity index (χ1) is 10.9. The number of allylic oxidation sites excluding steroid dienone is 8. The van der Waals surface area contributed by atoms with Crippen molar-refractivity contribution in [3.8, 4) is 0 Å². The van der Waals surface area contributed by atoms with Gasteiger partial charge in [-0.15, -0.1) is 0 Å². The van der Waals surface area contributed by atoms with Crippen LogP contribution in [0.5, 0.6) is 0 Å². The molecule has 0 aromatic heterocycles. The van der Waals surface area contributed by atoms with Gasteiger partial charge in [-0.3, -0.25) is 0 Å². The minimum absolute atomic E-state index is 1.26. The predicted molar refractivity (Wildman–Crippen MR) is 102 cm³/mol. The second-order valence-electron chi connectivity index (χ2n) is 7.93. The van der Waals surface area contributed by atoms with Crippen LogP contribution in [-0.4, -0.2) is 0 Å². The van der Waals surface area contributed by atoms with E-state index in [1.165, 1.54) is 51.4 Å². The first-order valence-electron chi connectivity index (χ1n) is 9.72. The third-order valence-electron chi connectivity index (χ3n) is 5.97. The average molecular weight is 392 g/mol. The molecule has 0 radical (unpaired) electrons. The summed E-state index contributed by atoms with van der Waals surface area (Å²) in [5.41, 5.74) is 6.72. The SMILES string of the molecule is CCCCC1=[C]([Zr]([CH3])([CH3])[C]2=C(CCCC)C(C)=CC2)CC=C1C. The first-order valence-corrected chi connectivity index (χ1v) is 17.1. The fourth-order valence-electron chi connectivity index (χ4n) is 4.33. The van der Waals surface area contributed by atoms with Gasteiger partial charge in [0, 0.05) is 0 Å². The zero-order chi connectivity index (χ0) is 17.0. The van der Waals surface area contributed by atoms with E-state index >= 15 is 0 Å².